The predicted molar refractivity (Wildman–Crippen MR) is 111 cm³/mol. The number of carbonyl (C=O) groups excluding carboxylic acids is 1. The molecule has 5 heteroatoms. The number of hydrogen-bond donors (Lipinski definition) is 0. The molecule has 0 N–H and O–H groups in total. The number of aryl methyl sites for hydroxylation is 1. The molecule has 1 amide bonds. The lowest BCUT2D eigenvalue weighted by Crippen LogP contribution is -2.41. The van der Waals surface area contributed by atoms with Crippen molar-refractivity contribution >= 4 is 5.91 Å². The molecule has 0 aliphatic carbocycles. The Morgan fingerprint density at radius 1 is 1.11 bits per heavy atom. The molecular weight excluding hydrogens is 348 g/mol. The summed E-state index contributed by atoms with van der Waals surface area (Å²) in [7, 11) is 0. The smallest absolute Gasteiger partial charge is 0.223 e. The topological polar surface area (TPSA) is 41.4 Å². The molecule has 0 radical (unpaired) electrons. The Hall–Kier alpha value is -2.14. The van der Waals surface area contributed by atoms with Crippen LogP contribution < -0.4 is 0 Å². The molecule has 2 aliphatic heterocycles. The van der Waals surface area contributed by atoms with Gasteiger partial charge in [-0.25, -0.2) is 0 Å². The van der Waals surface area contributed by atoms with Crippen LogP contribution in [0.5, 0.6) is 0 Å². The lowest BCUT2D eigenvalue weighted by molar-refractivity contribution is -0.128. The summed E-state index contributed by atoms with van der Waals surface area (Å²) in [5, 5.41) is 4.54. The normalized spacial score (nSPS) is 19.6. The summed E-state index contributed by atoms with van der Waals surface area (Å²) in [5.41, 5.74) is 4.05. The first-order valence-electron chi connectivity index (χ1n) is 10.6. The molecule has 3 heterocycles. The number of piperidine rings is 1. The second-order valence-electron chi connectivity index (χ2n) is 8.67. The van der Waals surface area contributed by atoms with Crippen molar-refractivity contribution in [3.8, 4) is 0 Å². The molecule has 1 spiro atoms. The summed E-state index contributed by atoms with van der Waals surface area (Å²) in [6, 6.07) is 10.4. The van der Waals surface area contributed by atoms with Crippen LogP contribution >= 0.6 is 0 Å². The Bertz CT molecular complexity index is 805. The fraction of sp³-hybridized carbons (Fsp3) is 0.565. The van der Waals surface area contributed by atoms with E-state index in [1.54, 1.807) is 0 Å². The van der Waals surface area contributed by atoms with Crippen molar-refractivity contribution in [1.82, 2.24) is 19.6 Å². The fourth-order valence-electron chi connectivity index (χ4n) is 4.77. The molecule has 0 saturated carbocycles. The Balaban J connectivity index is 1.33. The first-order valence-corrected chi connectivity index (χ1v) is 10.6. The van der Waals surface area contributed by atoms with Crippen LogP contribution in [-0.4, -0.2) is 45.1 Å². The molecule has 0 unspecified atom stereocenters. The minimum atomic E-state index is 0.184. The predicted octanol–water partition coefficient (Wildman–Crippen LogP) is 3.62. The number of hydrogen-bond acceptors (Lipinski definition) is 3. The molecule has 0 bridgehead atoms. The van der Waals surface area contributed by atoms with Gasteiger partial charge in [-0.15, -0.1) is 0 Å². The van der Waals surface area contributed by atoms with Crippen molar-refractivity contribution in [2.24, 2.45) is 5.41 Å². The molecule has 2 aliphatic rings. The quantitative estimate of drug-likeness (QED) is 0.769. The summed E-state index contributed by atoms with van der Waals surface area (Å²) in [6.45, 7) is 10.2. The van der Waals surface area contributed by atoms with E-state index in [9.17, 15) is 4.79 Å². The van der Waals surface area contributed by atoms with Crippen molar-refractivity contribution in [3.63, 3.8) is 0 Å². The van der Waals surface area contributed by atoms with Crippen LogP contribution in [0.15, 0.2) is 36.5 Å². The molecule has 2 fully saturated rings. The van der Waals surface area contributed by atoms with E-state index in [1.165, 1.54) is 16.8 Å². The van der Waals surface area contributed by atoms with E-state index in [0.717, 1.165) is 65.0 Å². The third-order valence-corrected chi connectivity index (χ3v) is 6.57. The highest BCUT2D eigenvalue weighted by molar-refractivity contribution is 5.79. The standard InChI is InChI=1S/C23H32N4O/c1-3-11-27-19(2)21(15-24-27)17-25-12-9-23(10-13-25)14-22(28)26(18-23)16-20-7-5-4-6-8-20/h4-8,15H,3,9-14,16-18H2,1-2H3. The van der Waals surface area contributed by atoms with Gasteiger partial charge in [0, 0.05) is 43.9 Å². The highest BCUT2D eigenvalue weighted by Gasteiger charge is 2.44. The van der Waals surface area contributed by atoms with Crippen molar-refractivity contribution in [1.29, 1.82) is 0 Å². The second kappa shape index (κ2) is 8.08. The Kier molecular flexibility index (Phi) is 5.54. The number of amides is 1. The Labute approximate surface area is 168 Å². The lowest BCUT2D eigenvalue weighted by atomic mass is 9.77. The van der Waals surface area contributed by atoms with E-state index in [2.05, 4.69) is 57.7 Å². The van der Waals surface area contributed by atoms with E-state index < -0.39 is 0 Å². The third-order valence-electron chi connectivity index (χ3n) is 6.57. The van der Waals surface area contributed by atoms with Gasteiger partial charge in [-0.1, -0.05) is 37.3 Å². The van der Waals surface area contributed by atoms with E-state index in [0.29, 0.717) is 5.91 Å². The van der Waals surface area contributed by atoms with Crippen LogP contribution in [0.25, 0.3) is 0 Å². The van der Waals surface area contributed by atoms with E-state index in [-0.39, 0.29) is 5.41 Å². The number of rotatable bonds is 6. The molecule has 2 aromatic rings. The van der Waals surface area contributed by atoms with Gasteiger partial charge in [-0.05, 0) is 50.3 Å². The van der Waals surface area contributed by atoms with Gasteiger partial charge in [-0.2, -0.15) is 5.10 Å². The van der Waals surface area contributed by atoms with Gasteiger partial charge < -0.3 is 4.90 Å². The van der Waals surface area contributed by atoms with Gasteiger partial charge in [-0.3, -0.25) is 14.4 Å². The first kappa shape index (κ1) is 19.2. The average molecular weight is 381 g/mol. The van der Waals surface area contributed by atoms with Crippen molar-refractivity contribution in [3.05, 3.63) is 53.3 Å². The maximum absolute atomic E-state index is 12.6. The van der Waals surface area contributed by atoms with Crippen LogP contribution in [0, 0.1) is 12.3 Å². The van der Waals surface area contributed by atoms with Gasteiger partial charge in [0.05, 0.1) is 6.20 Å². The van der Waals surface area contributed by atoms with E-state index in [1.807, 2.05) is 12.3 Å². The number of carbonyl (C=O) groups is 1. The molecule has 28 heavy (non-hydrogen) atoms. The molecule has 150 valence electrons. The maximum atomic E-state index is 12.6. The van der Waals surface area contributed by atoms with Gasteiger partial charge >= 0.3 is 0 Å². The van der Waals surface area contributed by atoms with Crippen molar-refractivity contribution in [2.75, 3.05) is 19.6 Å². The van der Waals surface area contributed by atoms with E-state index >= 15 is 0 Å². The molecule has 0 atom stereocenters. The maximum Gasteiger partial charge on any atom is 0.223 e. The summed E-state index contributed by atoms with van der Waals surface area (Å²) >= 11 is 0. The van der Waals surface area contributed by atoms with Crippen LogP contribution in [-0.2, 0) is 24.4 Å². The molecule has 4 rings (SSSR count). The highest BCUT2D eigenvalue weighted by atomic mass is 16.2. The van der Waals surface area contributed by atoms with Gasteiger partial charge in [0.25, 0.3) is 0 Å². The van der Waals surface area contributed by atoms with Crippen molar-refractivity contribution in [2.45, 2.75) is 59.2 Å². The van der Waals surface area contributed by atoms with Crippen molar-refractivity contribution < 1.29 is 4.79 Å². The molecule has 5 nitrogen and oxygen atoms in total. The van der Waals surface area contributed by atoms with Crippen LogP contribution in [0.1, 0.15) is 49.4 Å². The monoisotopic (exact) mass is 380 g/mol. The summed E-state index contributed by atoms with van der Waals surface area (Å²) in [6.07, 6.45) is 6.11. The largest absolute Gasteiger partial charge is 0.338 e. The first-order chi connectivity index (χ1) is 13.6. The minimum absolute atomic E-state index is 0.184. The number of aromatic nitrogens is 2. The SMILES string of the molecule is CCCn1ncc(CN2CCC3(CC2)CC(=O)N(Cc2ccccc2)C3)c1C. The van der Waals surface area contributed by atoms with Gasteiger partial charge in [0.1, 0.15) is 0 Å². The lowest BCUT2D eigenvalue weighted by Gasteiger charge is -2.38. The Morgan fingerprint density at radius 3 is 2.57 bits per heavy atom. The molecular formula is C23H32N4O. The molecule has 1 aromatic heterocycles. The average Bonchev–Trinajstić information content (AvgIpc) is 3.19. The number of nitrogens with zero attached hydrogens (tertiary/aromatic N) is 4. The molecule has 2 saturated heterocycles. The summed E-state index contributed by atoms with van der Waals surface area (Å²) < 4.78 is 2.12. The van der Waals surface area contributed by atoms with Crippen LogP contribution in [0.2, 0.25) is 0 Å². The Morgan fingerprint density at radius 2 is 1.86 bits per heavy atom. The van der Waals surface area contributed by atoms with Crippen LogP contribution in [0.3, 0.4) is 0 Å². The van der Waals surface area contributed by atoms with Crippen LogP contribution in [0.4, 0.5) is 0 Å². The zero-order valence-corrected chi connectivity index (χ0v) is 17.2. The summed E-state index contributed by atoms with van der Waals surface area (Å²) in [4.78, 5) is 17.2. The summed E-state index contributed by atoms with van der Waals surface area (Å²) in [5.74, 6) is 0.328. The minimum Gasteiger partial charge on any atom is -0.338 e. The molecule has 1 aromatic carbocycles. The number of benzene rings is 1. The zero-order valence-electron chi connectivity index (χ0n) is 17.2. The van der Waals surface area contributed by atoms with E-state index in [4.69, 9.17) is 0 Å². The second-order valence-corrected chi connectivity index (χ2v) is 8.67. The third kappa shape index (κ3) is 4.00. The van der Waals surface area contributed by atoms with Gasteiger partial charge in [0.15, 0.2) is 0 Å². The fourth-order valence-corrected chi connectivity index (χ4v) is 4.77. The highest BCUT2D eigenvalue weighted by Crippen LogP contribution is 2.41. The van der Waals surface area contributed by atoms with Gasteiger partial charge in [0.2, 0.25) is 5.91 Å². The zero-order chi connectivity index (χ0) is 19.6. The number of likely N-dealkylation sites (tertiary alicyclic amines) is 2.